The maximum absolute atomic E-state index is 5.80. The minimum Gasteiger partial charge on any atom is -0.691 e. The van der Waals surface area contributed by atoms with Gasteiger partial charge in [0.05, 0.1) is 75.6 Å². The molecule has 0 aliphatic rings. The van der Waals surface area contributed by atoms with E-state index in [9.17, 15) is 0 Å². The van der Waals surface area contributed by atoms with E-state index in [2.05, 4.69) is 111 Å². The summed E-state index contributed by atoms with van der Waals surface area (Å²) in [6.45, 7) is 40.7. The Hall–Kier alpha value is 4.39. The summed E-state index contributed by atoms with van der Waals surface area (Å²) in [6, 6.07) is 0. The summed E-state index contributed by atoms with van der Waals surface area (Å²) in [7, 11) is 0. The van der Waals surface area contributed by atoms with Crippen LogP contribution in [0.3, 0.4) is 0 Å². The molecule has 8 unspecified atom stereocenters. The first kappa shape index (κ1) is 98.1. The fraction of sp³-hybridized carbons (Fsp3) is 1.00. The molecule has 0 bridgehead atoms. The number of unbranched alkanes of at least 4 members (excludes halogenated alkanes) is 8. The van der Waals surface area contributed by atoms with Crippen molar-refractivity contribution in [2.75, 3.05) is 52.9 Å². The van der Waals surface area contributed by atoms with Gasteiger partial charge in [-0.05, 0) is 98.7 Å². The predicted octanol–water partition coefficient (Wildman–Crippen LogP) is 24.9. The summed E-state index contributed by atoms with van der Waals surface area (Å²) in [5, 5.41) is 0. The van der Waals surface area contributed by atoms with Crippen molar-refractivity contribution < 1.29 is 57.9 Å². The normalized spacial score (nSPS) is 17.2. The molecule has 21 heteroatoms. The van der Waals surface area contributed by atoms with Crippen LogP contribution in [0.5, 0.6) is 0 Å². The minimum atomic E-state index is -2.47. The van der Waals surface area contributed by atoms with Crippen LogP contribution in [0.25, 0.3) is 0 Å². The molecular formula is C64H136O8P4S8Ti. The van der Waals surface area contributed by atoms with Gasteiger partial charge in [-0.25, -0.2) is 0 Å². The molecule has 0 aromatic heterocycles. The summed E-state index contributed by atoms with van der Waals surface area (Å²) < 4.78 is 46.4. The van der Waals surface area contributed by atoms with Crippen molar-refractivity contribution in [3.8, 4) is 0 Å². The smallest absolute Gasteiger partial charge is 0.691 e. The molecule has 85 heavy (non-hydrogen) atoms. The Morgan fingerprint density at radius 3 is 0.388 bits per heavy atom. The van der Waals surface area contributed by atoms with Crippen molar-refractivity contribution in [2.24, 2.45) is 47.3 Å². The summed E-state index contributed by atoms with van der Waals surface area (Å²) in [5.41, 5.74) is -9.90. The van der Waals surface area contributed by atoms with Crippen molar-refractivity contribution in [3.05, 3.63) is 0 Å². The molecule has 0 rings (SSSR count). The Morgan fingerprint density at radius 1 is 0.224 bits per heavy atom. The zero-order valence-corrected chi connectivity index (χ0v) is 69.4. The molecule has 0 heterocycles. The van der Waals surface area contributed by atoms with Crippen LogP contribution in [0.4, 0.5) is 0 Å². The molecule has 8 atom stereocenters. The van der Waals surface area contributed by atoms with Gasteiger partial charge in [-0.1, -0.05) is 312 Å². The second-order valence-corrected chi connectivity index (χ2v) is 43.4. The van der Waals surface area contributed by atoms with E-state index in [0.717, 1.165) is 51.4 Å². The van der Waals surface area contributed by atoms with Crippen LogP contribution in [0, 0.1) is 47.3 Å². The Kier molecular flexibility index (Phi) is 77.3. The Morgan fingerprint density at radius 2 is 0.318 bits per heavy atom. The van der Waals surface area contributed by atoms with Gasteiger partial charge < -0.3 is 85.2 Å². The van der Waals surface area contributed by atoms with Crippen molar-refractivity contribution in [1.82, 2.24) is 0 Å². The minimum absolute atomic E-state index is 0. The molecule has 0 N–H and O–H groups in total. The molecular weight excluding hydrogens is 1320 g/mol. The number of hydrogen-bond donors (Lipinski definition) is 0. The van der Waals surface area contributed by atoms with E-state index in [1.807, 2.05) is 0 Å². The van der Waals surface area contributed by atoms with Crippen LogP contribution in [0.2, 0.25) is 0 Å². The molecule has 0 spiro atoms. The predicted molar refractivity (Wildman–Crippen MR) is 401 cm³/mol. The van der Waals surface area contributed by atoms with Crippen LogP contribution < -0.4 is 0 Å². The summed E-state index contributed by atoms with van der Waals surface area (Å²) in [5.74, 6) is 4.56. The van der Waals surface area contributed by atoms with Gasteiger partial charge >= 0.3 is 21.7 Å². The average molecular weight is 1460 g/mol. The maximum atomic E-state index is 5.80. The van der Waals surface area contributed by atoms with Gasteiger partial charge in [-0.2, -0.15) is 0 Å². The van der Waals surface area contributed by atoms with Crippen LogP contribution in [0.1, 0.15) is 316 Å². The van der Waals surface area contributed by atoms with Gasteiger partial charge in [0.25, 0.3) is 0 Å². The SMILES string of the molecule is CCCCC(CC)COP(=S)([S-])OCC(CC)CCCC.CCCCC(CC)COP(=S)([S-])OCC(CC)CCCC.CCCCC(CC)COP(=S)([S-])OCC(CC)CCCC.CCCCC(CC)COP(=S)([S-])OCC(CC)CCCC.[Ti+4]. The van der Waals surface area contributed by atoms with E-state index in [4.69, 9.17) is 132 Å². The first-order valence-corrected chi connectivity index (χ1v) is 48.9. The fourth-order valence-corrected chi connectivity index (χ4v) is 15.3. The molecule has 0 radical (unpaired) electrons. The average Bonchev–Trinajstić information content (AvgIpc) is 3.55. The molecule has 512 valence electrons. The van der Waals surface area contributed by atoms with Crippen molar-refractivity contribution in [3.63, 3.8) is 0 Å². The molecule has 0 saturated heterocycles. The molecule has 0 aliphatic heterocycles. The number of rotatable bonds is 56. The van der Waals surface area contributed by atoms with Gasteiger partial charge in [-0.15, -0.1) is 0 Å². The molecule has 0 aliphatic carbocycles. The monoisotopic (exact) mass is 1460 g/mol. The van der Waals surface area contributed by atoms with Crippen molar-refractivity contribution in [1.29, 1.82) is 0 Å². The standard InChI is InChI=1S/4C16H35O2PS2.Ti/c4*1-5-9-11-15(7-3)13-17-19(20,21)18-14-16(8-4)12-10-6-2;/h4*15-16H,5-14H2,1-4H3,(H,20,21);/q;;;;+4/p-4. The van der Waals surface area contributed by atoms with E-state index in [1.165, 1.54) is 154 Å². The zero-order valence-electron chi connectivity index (χ0n) is 57.7. The molecule has 8 nitrogen and oxygen atoms in total. The third kappa shape index (κ3) is 65.5. The molecule has 0 saturated carbocycles. The Labute approximate surface area is 587 Å². The van der Waals surface area contributed by atoms with Crippen molar-refractivity contribution >= 4 is 119 Å². The maximum Gasteiger partial charge on any atom is 4.00 e. The molecule has 0 amide bonds. The molecule has 0 aromatic rings. The van der Waals surface area contributed by atoms with E-state index < -0.39 is 22.8 Å². The third-order valence-corrected chi connectivity index (χ3v) is 24.9. The number of hydrogen-bond acceptors (Lipinski definition) is 16. The van der Waals surface area contributed by atoms with Gasteiger partial charge in [0, 0.05) is 0 Å². The topological polar surface area (TPSA) is 73.8 Å². The summed E-state index contributed by atoms with van der Waals surface area (Å²) in [4.78, 5) is 0. The van der Waals surface area contributed by atoms with Crippen LogP contribution in [-0.2, 0) is 154 Å². The van der Waals surface area contributed by atoms with Gasteiger partial charge in [-0.3, -0.25) is 0 Å². The van der Waals surface area contributed by atoms with E-state index in [1.54, 1.807) is 0 Å². The largest absolute Gasteiger partial charge is 4.00 e. The second-order valence-electron chi connectivity index (χ2n) is 23.5. The first-order chi connectivity index (χ1) is 39.9. The van der Waals surface area contributed by atoms with Crippen LogP contribution in [0.15, 0.2) is 0 Å². The Balaban J connectivity index is -0.000000333. The summed E-state index contributed by atoms with van der Waals surface area (Å²) in [6.07, 6.45) is 38.4. The molecule has 0 fully saturated rings. The van der Waals surface area contributed by atoms with E-state index in [0.29, 0.717) is 100 Å². The van der Waals surface area contributed by atoms with Crippen molar-refractivity contribution in [2.45, 2.75) is 316 Å². The fourth-order valence-electron chi connectivity index (χ4n) is 8.91. The van der Waals surface area contributed by atoms with E-state index in [-0.39, 0.29) is 21.7 Å². The zero-order chi connectivity index (χ0) is 64.6. The Bertz CT molecular complexity index is 1290. The van der Waals surface area contributed by atoms with Gasteiger partial charge in [0.15, 0.2) is 0 Å². The summed E-state index contributed by atoms with van der Waals surface area (Å²) >= 11 is 43.1. The van der Waals surface area contributed by atoms with Crippen LogP contribution in [-0.4, -0.2) is 52.9 Å². The third-order valence-electron chi connectivity index (χ3n) is 16.1. The van der Waals surface area contributed by atoms with Gasteiger partial charge in [0.2, 0.25) is 0 Å². The van der Waals surface area contributed by atoms with E-state index >= 15 is 0 Å². The first-order valence-electron chi connectivity index (χ1n) is 34.3. The second kappa shape index (κ2) is 67.0. The van der Waals surface area contributed by atoms with Crippen LogP contribution >= 0.6 is 22.8 Å². The quantitative estimate of drug-likeness (QED) is 0.0329. The van der Waals surface area contributed by atoms with Gasteiger partial charge in [0.1, 0.15) is 0 Å². The molecule has 0 aromatic carbocycles.